The number of benzene rings is 1. The molecule has 17 heavy (non-hydrogen) atoms. The number of hydrogen-bond acceptors (Lipinski definition) is 3. The first kappa shape index (κ1) is 11.1. The Morgan fingerprint density at radius 1 is 1.53 bits per heavy atom. The number of aromatic nitrogens is 2. The van der Waals surface area contributed by atoms with Gasteiger partial charge in [0.05, 0.1) is 23.5 Å². The Labute approximate surface area is 98.3 Å². The van der Waals surface area contributed by atoms with Gasteiger partial charge in [0, 0.05) is 25.4 Å². The molecule has 0 radical (unpaired) electrons. The second-order valence-corrected chi connectivity index (χ2v) is 3.67. The number of nitrogens with one attached hydrogen (secondary N) is 1. The van der Waals surface area contributed by atoms with Gasteiger partial charge in [-0.05, 0) is 18.2 Å². The van der Waals surface area contributed by atoms with Gasteiger partial charge < -0.3 is 5.32 Å². The Hall–Kier alpha value is -2.35. The predicted octanol–water partition coefficient (Wildman–Crippen LogP) is 2.04. The van der Waals surface area contributed by atoms with Crippen LogP contribution in [-0.2, 0) is 13.6 Å². The van der Waals surface area contributed by atoms with Crippen LogP contribution in [0.1, 0.15) is 11.1 Å². The Morgan fingerprint density at radius 2 is 2.35 bits per heavy atom. The van der Waals surface area contributed by atoms with E-state index in [0.717, 1.165) is 5.69 Å². The lowest BCUT2D eigenvalue weighted by molar-refractivity contribution is 0.612. The van der Waals surface area contributed by atoms with Crippen LogP contribution < -0.4 is 5.32 Å². The second-order valence-electron chi connectivity index (χ2n) is 3.67. The van der Waals surface area contributed by atoms with Crippen molar-refractivity contribution in [2.24, 2.45) is 7.05 Å². The van der Waals surface area contributed by atoms with Gasteiger partial charge in [-0.15, -0.1) is 0 Å². The summed E-state index contributed by atoms with van der Waals surface area (Å²) in [5.74, 6) is -0.319. The lowest BCUT2D eigenvalue weighted by atomic mass is 10.1. The molecule has 0 fully saturated rings. The zero-order valence-electron chi connectivity index (χ0n) is 9.31. The van der Waals surface area contributed by atoms with Crippen LogP contribution in [0.3, 0.4) is 0 Å². The molecule has 0 aliphatic carbocycles. The monoisotopic (exact) mass is 230 g/mol. The molecule has 0 spiro atoms. The molecule has 0 saturated heterocycles. The molecule has 1 aromatic heterocycles. The number of nitriles is 1. The predicted molar refractivity (Wildman–Crippen MR) is 61.6 cm³/mol. The summed E-state index contributed by atoms with van der Waals surface area (Å²) in [6.07, 6.45) is 3.46. The van der Waals surface area contributed by atoms with Crippen molar-refractivity contribution in [3.63, 3.8) is 0 Å². The van der Waals surface area contributed by atoms with E-state index in [1.165, 1.54) is 12.1 Å². The van der Waals surface area contributed by atoms with Gasteiger partial charge in [-0.3, -0.25) is 4.68 Å². The maximum absolute atomic E-state index is 13.4. The smallest absolute Gasteiger partial charge is 0.128 e. The molecule has 1 aromatic carbocycles. The van der Waals surface area contributed by atoms with Gasteiger partial charge in [0.2, 0.25) is 0 Å². The van der Waals surface area contributed by atoms with Crippen LogP contribution in [0.15, 0.2) is 30.6 Å². The molecule has 2 rings (SSSR count). The second kappa shape index (κ2) is 4.66. The van der Waals surface area contributed by atoms with Crippen molar-refractivity contribution in [2.75, 3.05) is 5.32 Å². The highest BCUT2D eigenvalue weighted by molar-refractivity contribution is 5.41. The molecule has 5 heteroatoms. The standard InChI is InChI=1S/C12H11FN4/c1-17-8-11(7-16-17)15-6-10-4-9(5-14)2-3-12(10)13/h2-4,7-8,15H,6H2,1H3. The van der Waals surface area contributed by atoms with Crippen molar-refractivity contribution < 1.29 is 4.39 Å². The quantitative estimate of drug-likeness (QED) is 0.877. The van der Waals surface area contributed by atoms with Gasteiger partial charge >= 0.3 is 0 Å². The Kier molecular flexibility index (Phi) is 3.06. The molecule has 0 saturated carbocycles. The average molecular weight is 230 g/mol. The molecule has 1 N–H and O–H groups in total. The van der Waals surface area contributed by atoms with E-state index in [9.17, 15) is 4.39 Å². The molecule has 4 nitrogen and oxygen atoms in total. The zero-order valence-corrected chi connectivity index (χ0v) is 9.31. The normalized spacial score (nSPS) is 9.94. The average Bonchev–Trinajstić information content (AvgIpc) is 2.74. The van der Waals surface area contributed by atoms with Gasteiger partial charge in [0.25, 0.3) is 0 Å². The lowest BCUT2D eigenvalue weighted by Crippen LogP contribution is -2.01. The molecule has 86 valence electrons. The van der Waals surface area contributed by atoms with E-state index in [-0.39, 0.29) is 5.82 Å². The number of anilines is 1. The SMILES string of the molecule is Cn1cc(NCc2cc(C#N)ccc2F)cn1. The fourth-order valence-electron chi connectivity index (χ4n) is 1.49. The summed E-state index contributed by atoms with van der Waals surface area (Å²) in [5, 5.41) is 15.8. The molecule has 0 atom stereocenters. The molecule has 0 amide bonds. The van der Waals surface area contributed by atoms with Crippen LogP contribution in [0.4, 0.5) is 10.1 Å². The van der Waals surface area contributed by atoms with E-state index in [1.54, 1.807) is 23.1 Å². The van der Waals surface area contributed by atoms with Crippen LogP contribution in [0.5, 0.6) is 0 Å². The minimum atomic E-state index is -0.319. The van der Waals surface area contributed by atoms with Gasteiger partial charge in [0.15, 0.2) is 0 Å². The van der Waals surface area contributed by atoms with Crippen molar-refractivity contribution in [1.82, 2.24) is 9.78 Å². The number of aryl methyl sites for hydroxylation is 1. The highest BCUT2D eigenvalue weighted by atomic mass is 19.1. The maximum atomic E-state index is 13.4. The third kappa shape index (κ3) is 2.61. The van der Waals surface area contributed by atoms with Crippen molar-refractivity contribution in [3.8, 4) is 6.07 Å². The zero-order chi connectivity index (χ0) is 12.3. The first-order valence-corrected chi connectivity index (χ1v) is 5.10. The number of hydrogen-bond donors (Lipinski definition) is 1. The summed E-state index contributed by atoms with van der Waals surface area (Å²) >= 11 is 0. The van der Waals surface area contributed by atoms with Gasteiger partial charge in [-0.2, -0.15) is 10.4 Å². The summed E-state index contributed by atoms with van der Waals surface area (Å²) in [7, 11) is 1.81. The summed E-state index contributed by atoms with van der Waals surface area (Å²) in [6, 6.07) is 6.29. The van der Waals surface area contributed by atoms with E-state index in [2.05, 4.69) is 10.4 Å². The third-order valence-electron chi connectivity index (χ3n) is 2.36. The minimum absolute atomic E-state index is 0.319. The van der Waals surface area contributed by atoms with E-state index in [1.807, 2.05) is 13.1 Å². The molecule has 0 aliphatic heterocycles. The first-order valence-electron chi connectivity index (χ1n) is 5.10. The lowest BCUT2D eigenvalue weighted by Gasteiger charge is -2.05. The molecular formula is C12H11FN4. The molecule has 0 aliphatic rings. The summed E-state index contributed by atoms with van der Waals surface area (Å²) in [4.78, 5) is 0. The van der Waals surface area contributed by atoms with Gasteiger partial charge in [-0.25, -0.2) is 4.39 Å². The molecular weight excluding hydrogens is 219 g/mol. The summed E-state index contributed by atoms with van der Waals surface area (Å²) in [6.45, 7) is 0.326. The van der Waals surface area contributed by atoms with Crippen molar-refractivity contribution in [2.45, 2.75) is 6.54 Å². The third-order valence-corrected chi connectivity index (χ3v) is 2.36. The molecule has 2 aromatic rings. The van der Waals surface area contributed by atoms with Crippen LogP contribution in [-0.4, -0.2) is 9.78 Å². The van der Waals surface area contributed by atoms with Gasteiger partial charge in [-0.1, -0.05) is 0 Å². The highest BCUT2D eigenvalue weighted by Crippen LogP contribution is 2.12. The number of nitrogens with zero attached hydrogens (tertiary/aromatic N) is 3. The van der Waals surface area contributed by atoms with E-state index in [4.69, 9.17) is 5.26 Å². The number of halogens is 1. The van der Waals surface area contributed by atoms with E-state index < -0.39 is 0 Å². The molecule has 0 bridgehead atoms. The molecule has 0 unspecified atom stereocenters. The fourth-order valence-corrected chi connectivity index (χ4v) is 1.49. The van der Waals surface area contributed by atoms with E-state index in [0.29, 0.717) is 17.7 Å². The van der Waals surface area contributed by atoms with Crippen molar-refractivity contribution in [3.05, 3.63) is 47.5 Å². The van der Waals surface area contributed by atoms with Crippen LogP contribution >= 0.6 is 0 Å². The van der Waals surface area contributed by atoms with Gasteiger partial charge in [0.1, 0.15) is 5.82 Å². The Balaban J connectivity index is 2.11. The summed E-state index contributed by atoms with van der Waals surface area (Å²) in [5.41, 5.74) is 1.73. The Morgan fingerprint density at radius 3 is 3.00 bits per heavy atom. The van der Waals surface area contributed by atoms with Crippen LogP contribution in [0.25, 0.3) is 0 Å². The minimum Gasteiger partial charge on any atom is -0.378 e. The van der Waals surface area contributed by atoms with Crippen molar-refractivity contribution >= 4 is 5.69 Å². The van der Waals surface area contributed by atoms with E-state index >= 15 is 0 Å². The summed E-state index contributed by atoms with van der Waals surface area (Å²) < 4.78 is 15.1. The van der Waals surface area contributed by atoms with Crippen LogP contribution in [0, 0.1) is 17.1 Å². The highest BCUT2D eigenvalue weighted by Gasteiger charge is 2.04. The fraction of sp³-hybridized carbons (Fsp3) is 0.167. The first-order chi connectivity index (χ1) is 8.19. The van der Waals surface area contributed by atoms with Crippen LogP contribution in [0.2, 0.25) is 0 Å². The number of rotatable bonds is 3. The molecule has 1 heterocycles. The topological polar surface area (TPSA) is 53.6 Å². The largest absolute Gasteiger partial charge is 0.378 e. The van der Waals surface area contributed by atoms with Crippen molar-refractivity contribution in [1.29, 1.82) is 5.26 Å². The maximum Gasteiger partial charge on any atom is 0.128 e. The Bertz CT molecular complexity index is 568.